The SMILES string of the molecule is CNS(=O)(=O)C[C@H]1c2cc(OCCCC(F)(F)F)ccc2OC(C)(C)[C@@H]1O. The monoisotopic (exact) mass is 411 g/mol. The van der Waals surface area contributed by atoms with Gasteiger partial charge in [-0.25, -0.2) is 13.1 Å². The molecule has 6 nitrogen and oxygen atoms in total. The van der Waals surface area contributed by atoms with Crippen molar-refractivity contribution in [2.75, 3.05) is 19.4 Å². The van der Waals surface area contributed by atoms with Crippen molar-refractivity contribution in [2.45, 2.75) is 50.5 Å². The van der Waals surface area contributed by atoms with Gasteiger partial charge in [0.15, 0.2) is 0 Å². The molecule has 0 radical (unpaired) electrons. The summed E-state index contributed by atoms with van der Waals surface area (Å²) in [5, 5.41) is 10.6. The molecule has 0 aromatic heterocycles. The summed E-state index contributed by atoms with van der Waals surface area (Å²) in [5.74, 6) is -0.440. The molecule has 1 heterocycles. The minimum Gasteiger partial charge on any atom is -0.494 e. The van der Waals surface area contributed by atoms with Crippen LogP contribution in [-0.2, 0) is 10.0 Å². The third-order valence-corrected chi connectivity index (χ3v) is 5.85. The first kappa shape index (κ1) is 21.8. The van der Waals surface area contributed by atoms with Crippen molar-refractivity contribution in [2.24, 2.45) is 0 Å². The molecule has 0 spiro atoms. The van der Waals surface area contributed by atoms with Crippen LogP contribution in [-0.4, -0.2) is 50.8 Å². The summed E-state index contributed by atoms with van der Waals surface area (Å²) >= 11 is 0. The van der Waals surface area contributed by atoms with Gasteiger partial charge in [0.1, 0.15) is 23.2 Å². The molecule has 0 amide bonds. The smallest absolute Gasteiger partial charge is 0.389 e. The van der Waals surface area contributed by atoms with Gasteiger partial charge in [-0.3, -0.25) is 0 Å². The van der Waals surface area contributed by atoms with Crippen LogP contribution in [0.15, 0.2) is 18.2 Å². The number of aliphatic hydroxyl groups excluding tert-OH is 1. The van der Waals surface area contributed by atoms with Gasteiger partial charge in [0.05, 0.1) is 12.4 Å². The number of fused-ring (bicyclic) bond motifs is 1. The van der Waals surface area contributed by atoms with E-state index in [-0.39, 0.29) is 18.8 Å². The largest absolute Gasteiger partial charge is 0.494 e. The van der Waals surface area contributed by atoms with Crippen LogP contribution in [0.4, 0.5) is 13.2 Å². The lowest BCUT2D eigenvalue weighted by molar-refractivity contribution is -0.136. The quantitative estimate of drug-likeness (QED) is 0.674. The van der Waals surface area contributed by atoms with Crippen LogP contribution in [0.3, 0.4) is 0 Å². The maximum absolute atomic E-state index is 12.2. The van der Waals surface area contributed by atoms with Gasteiger partial charge >= 0.3 is 6.18 Å². The predicted molar refractivity (Wildman–Crippen MR) is 93.5 cm³/mol. The average Bonchev–Trinajstić information content (AvgIpc) is 2.55. The predicted octanol–water partition coefficient (Wildman–Crippen LogP) is 2.57. The summed E-state index contributed by atoms with van der Waals surface area (Å²) in [5.41, 5.74) is -0.565. The van der Waals surface area contributed by atoms with E-state index >= 15 is 0 Å². The second-order valence-corrected chi connectivity index (χ2v) is 8.98. The highest BCUT2D eigenvalue weighted by molar-refractivity contribution is 7.89. The molecule has 1 aliphatic rings. The molecule has 154 valence electrons. The normalized spacial score (nSPS) is 22.0. The summed E-state index contributed by atoms with van der Waals surface area (Å²) < 4.78 is 74.0. The molecular weight excluding hydrogens is 387 g/mol. The minimum absolute atomic E-state index is 0.132. The Bertz CT molecular complexity index is 764. The van der Waals surface area contributed by atoms with Crippen molar-refractivity contribution in [1.29, 1.82) is 0 Å². The molecule has 0 aliphatic carbocycles. The molecule has 10 heteroatoms. The van der Waals surface area contributed by atoms with Gasteiger partial charge in [-0.2, -0.15) is 13.2 Å². The molecule has 0 saturated heterocycles. The van der Waals surface area contributed by atoms with Crippen molar-refractivity contribution in [1.82, 2.24) is 4.72 Å². The first-order chi connectivity index (χ1) is 12.3. The highest BCUT2D eigenvalue weighted by Gasteiger charge is 2.44. The van der Waals surface area contributed by atoms with Gasteiger partial charge in [0.2, 0.25) is 10.0 Å². The number of hydrogen-bond acceptors (Lipinski definition) is 5. The molecular formula is C17H24F3NO5S. The fraction of sp³-hybridized carbons (Fsp3) is 0.647. The molecule has 1 aliphatic heterocycles. The van der Waals surface area contributed by atoms with Crippen molar-refractivity contribution in [3.05, 3.63) is 23.8 Å². The zero-order valence-electron chi connectivity index (χ0n) is 15.3. The minimum atomic E-state index is -4.24. The highest BCUT2D eigenvalue weighted by Crippen LogP contribution is 2.43. The number of benzene rings is 1. The Kier molecular flexibility index (Phi) is 6.33. The molecule has 0 fully saturated rings. The Hall–Kier alpha value is -1.52. The molecule has 0 bridgehead atoms. The molecule has 27 heavy (non-hydrogen) atoms. The molecule has 2 atom stereocenters. The number of aliphatic hydroxyl groups is 1. The van der Waals surface area contributed by atoms with E-state index in [1.165, 1.54) is 13.1 Å². The average molecular weight is 411 g/mol. The van der Waals surface area contributed by atoms with Gasteiger partial charge in [-0.05, 0) is 45.5 Å². The van der Waals surface area contributed by atoms with E-state index in [0.717, 1.165) is 0 Å². The van der Waals surface area contributed by atoms with Crippen LogP contribution in [0.5, 0.6) is 11.5 Å². The van der Waals surface area contributed by atoms with Gasteiger partial charge in [-0.1, -0.05) is 0 Å². The van der Waals surface area contributed by atoms with Crippen LogP contribution in [0.25, 0.3) is 0 Å². The third-order valence-electron chi connectivity index (χ3n) is 4.43. The summed E-state index contributed by atoms with van der Waals surface area (Å²) in [6.07, 6.45) is -6.48. The number of rotatable bonds is 7. The summed E-state index contributed by atoms with van der Waals surface area (Å²) in [6, 6.07) is 4.63. The maximum atomic E-state index is 12.2. The van der Waals surface area contributed by atoms with Gasteiger partial charge in [0.25, 0.3) is 0 Å². The second kappa shape index (κ2) is 7.84. The van der Waals surface area contributed by atoms with Crippen molar-refractivity contribution in [3.63, 3.8) is 0 Å². The summed E-state index contributed by atoms with van der Waals surface area (Å²) in [7, 11) is -2.34. The number of nitrogens with one attached hydrogen (secondary N) is 1. The zero-order chi connectivity index (χ0) is 20.5. The number of alkyl halides is 3. The van der Waals surface area contributed by atoms with Crippen molar-refractivity contribution >= 4 is 10.0 Å². The van der Waals surface area contributed by atoms with Crippen LogP contribution in [0, 0.1) is 0 Å². The Morgan fingerprint density at radius 2 is 2.00 bits per heavy atom. The number of halogens is 3. The molecule has 1 aromatic carbocycles. The first-order valence-electron chi connectivity index (χ1n) is 8.46. The summed E-state index contributed by atoms with van der Waals surface area (Å²) in [4.78, 5) is 0. The lowest BCUT2D eigenvalue weighted by Gasteiger charge is -2.42. The molecule has 0 unspecified atom stereocenters. The molecule has 1 aromatic rings. The van der Waals surface area contributed by atoms with Crippen LogP contribution in [0.1, 0.15) is 38.2 Å². The van der Waals surface area contributed by atoms with Crippen LogP contribution < -0.4 is 14.2 Å². The first-order valence-corrected chi connectivity index (χ1v) is 10.1. The standard InChI is InChI=1S/C17H24F3NO5S/c1-16(2)15(22)13(10-27(23,24)21-3)12-9-11(5-6-14(12)26-16)25-8-4-7-17(18,19)20/h5-6,9,13,15,21-22H,4,7-8,10H2,1-3H3/t13-,15+/m0/s1. The fourth-order valence-corrected chi connectivity index (χ4v) is 3.96. The van der Waals surface area contributed by atoms with Crippen molar-refractivity contribution < 1.29 is 36.2 Å². The van der Waals surface area contributed by atoms with E-state index in [9.17, 15) is 26.7 Å². The van der Waals surface area contributed by atoms with Gasteiger partial charge in [0, 0.05) is 17.9 Å². The second-order valence-electron chi connectivity index (χ2n) is 7.01. The Labute approximate surface area is 156 Å². The molecule has 0 saturated carbocycles. The highest BCUT2D eigenvalue weighted by atomic mass is 32.2. The van der Waals surface area contributed by atoms with E-state index in [4.69, 9.17) is 9.47 Å². The van der Waals surface area contributed by atoms with Gasteiger partial charge in [-0.15, -0.1) is 0 Å². The Balaban J connectivity index is 2.23. The van der Waals surface area contributed by atoms with E-state index in [1.807, 2.05) is 0 Å². The Morgan fingerprint density at radius 3 is 2.59 bits per heavy atom. The topological polar surface area (TPSA) is 84.9 Å². The Morgan fingerprint density at radius 1 is 1.33 bits per heavy atom. The summed E-state index contributed by atoms with van der Waals surface area (Å²) in [6.45, 7) is 3.18. The van der Waals surface area contributed by atoms with Crippen molar-refractivity contribution in [3.8, 4) is 11.5 Å². The third kappa shape index (κ3) is 5.73. The molecule has 2 N–H and O–H groups in total. The maximum Gasteiger partial charge on any atom is 0.389 e. The zero-order valence-corrected chi connectivity index (χ0v) is 16.2. The number of ether oxygens (including phenoxy) is 2. The lowest BCUT2D eigenvalue weighted by atomic mass is 9.82. The fourth-order valence-electron chi connectivity index (χ4n) is 2.96. The number of sulfonamides is 1. The van der Waals surface area contributed by atoms with E-state index in [1.54, 1.807) is 26.0 Å². The van der Waals surface area contributed by atoms with E-state index < -0.39 is 40.2 Å². The van der Waals surface area contributed by atoms with Crippen LogP contribution in [0.2, 0.25) is 0 Å². The molecule has 2 rings (SSSR count). The van der Waals surface area contributed by atoms with E-state index in [2.05, 4.69) is 4.72 Å². The van der Waals surface area contributed by atoms with E-state index in [0.29, 0.717) is 17.1 Å². The van der Waals surface area contributed by atoms with Gasteiger partial charge < -0.3 is 14.6 Å². The van der Waals surface area contributed by atoms with Crippen LogP contribution >= 0.6 is 0 Å². The number of hydrogen-bond donors (Lipinski definition) is 2. The lowest BCUT2D eigenvalue weighted by Crippen LogP contribution is -2.50.